The maximum atomic E-state index is 6.77. The summed E-state index contributed by atoms with van der Waals surface area (Å²) in [4.78, 5) is 0. The Hall–Kier alpha value is -1.90. The van der Waals surface area contributed by atoms with Crippen molar-refractivity contribution < 1.29 is 0 Å². The van der Waals surface area contributed by atoms with E-state index < -0.39 is 0 Å². The Morgan fingerprint density at radius 1 is 1.12 bits per heavy atom. The quantitative estimate of drug-likeness (QED) is 0.660. The summed E-state index contributed by atoms with van der Waals surface area (Å²) >= 11 is 10.1. The van der Waals surface area contributed by atoms with Crippen molar-refractivity contribution in [3.05, 3.63) is 63.0 Å². The Morgan fingerprint density at radius 3 is 2.72 bits per heavy atom. The van der Waals surface area contributed by atoms with Crippen molar-refractivity contribution in [3.8, 4) is 5.69 Å². The lowest BCUT2D eigenvalue weighted by Gasteiger charge is -2.25. The van der Waals surface area contributed by atoms with Crippen LogP contribution in [0.25, 0.3) is 5.69 Å². The van der Waals surface area contributed by atoms with E-state index in [2.05, 4.69) is 30.4 Å². The van der Waals surface area contributed by atoms with Crippen LogP contribution in [0, 0.1) is 13.8 Å². The summed E-state index contributed by atoms with van der Waals surface area (Å²) in [5.41, 5.74) is 2.89. The van der Waals surface area contributed by atoms with Crippen molar-refractivity contribution in [2.45, 2.75) is 24.4 Å². The summed E-state index contributed by atoms with van der Waals surface area (Å²) in [6.07, 6.45) is 0. The molecule has 0 unspecified atom stereocenters. The molecule has 0 saturated heterocycles. The van der Waals surface area contributed by atoms with Crippen molar-refractivity contribution in [2.24, 2.45) is 0 Å². The largest absolute Gasteiger partial charge is 0.252 e. The van der Waals surface area contributed by atoms with Gasteiger partial charge in [0.2, 0.25) is 5.16 Å². The van der Waals surface area contributed by atoms with Gasteiger partial charge in [-0.15, -0.1) is 10.2 Å². The molecule has 0 bridgehead atoms. The first kappa shape index (κ1) is 15.4. The number of thioether (sulfide) groups is 2. The third-order valence-corrected chi connectivity index (χ3v) is 6.74. The molecule has 4 heterocycles. The van der Waals surface area contributed by atoms with Crippen LogP contribution in [0.4, 0.5) is 0 Å². The Morgan fingerprint density at radius 2 is 1.92 bits per heavy atom. The standard InChI is InChI=1S/C16H13ClN6S2/c1-9-13(14(17)21(20-9)11-6-4-3-5-7-11)15-23-12(8-24-15)25-16-19-18-10(2)22(16)23/h3-8,15H,1-2H3/t15-/m0/s1. The van der Waals surface area contributed by atoms with Gasteiger partial charge in [-0.3, -0.25) is 5.01 Å². The SMILES string of the molecule is Cc1nn(-c2ccccc2)c(Cl)c1[C@@H]1SC=C2Sc3nnc(C)n3N21. The molecule has 2 aliphatic heterocycles. The maximum Gasteiger partial charge on any atom is 0.216 e. The second-order valence-electron chi connectivity index (χ2n) is 5.77. The summed E-state index contributed by atoms with van der Waals surface area (Å²) in [5, 5.41) is 20.1. The zero-order valence-electron chi connectivity index (χ0n) is 13.4. The van der Waals surface area contributed by atoms with Gasteiger partial charge in [-0.1, -0.05) is 41.6 Å². The number of aromatic nitrogens is 5. The fourth-order valence-electron chi connectivity index (χ4n) is 3.09. The molecular weight excluding hydrogens is 376 g/mol. The normalized spacial score (nSPS) is 18.4. The third kappa shape index (κ3) is 2.17. The van der Waals surface area contributed by atoms with E-state index in [1.165, 1.54) is 0 Å². The molecule has 25 heavy (non-hydrogen) atoms. The molecule has 0 saturated carbocycles. The molecule has 9 heteroatoms. The van der Waals surface area contributed by atoms with Gasteiger partial charge >= 0.3 is 0 Å². The van der Waals surface area contributed by atoms with Crippen molar-refractivity contribution in [2.75, 3.05) is 5.01 Å². The summed E-state index contributed by atoms with van der Waals surface area (Å²) in [6, 6.07) is 9.95. The van der Waals surface area contributed by atoms with Gasteiger partial charge in [-0.25, -0.2) is 9.36 Å². The summed E-state index contributed by atoms with van der Waals surface area (Å²) in [6.45, 7) is 3.96. The number of fused-ring (bicyclic) bond motifs is 3. The molecule has 0 fully saturated rings. The van der Waals surface area contributed by atoms with E-state index >= 15 is 0 Å². The summed E-state index contributed by atoms with van der Waals surface area (Å²) in [7, 11) is 0. The molecule has 0 spiro atoms. The van der Waals surface area contributed by atoms with E-state index in [4.69, 9.17) is 11.6 Å². The number of hydrogen-bond acceptors (Lipinski definition) is 6. The van der Waals surface area contributed by atoms with E-state index in [1.807, 2.05) is 44.2 Å². The lowest BCUT2D eigenvalue weighted by atomic mass is 10.2. The number of hydrogen-bond donors (Lipinski definition) is 0. The Bertz CT molecular complexity index is 1010. The minimum absolute atomic E-state index is 0.0170. The fraction of sp³-hybridized carbons (Fsp3) is 0.188. The molecule has 0 aliphatic carbocycles. The average molecular weight is 389 g/mol. The smallest absolute Gasteiger partial charge is 0.216 e. The van der Waals surface area contributed by atoms with Crippen molar-refractivity contribution in [1.29, 1.82) is 0 Å². The Kier molecular flexibility index (Phi) is 3.41. The van der Waals surface area contributed by atoms with Crippen LogP contribution in [-0.2, 0) is 0 Å². The number of benzene rings is 1. The van der Waals surface area contributed by atoms with E-state index in [0.717, 1.165) is 33.0 Å². The van der Waals surface area contributed by atoms with Crippen LogP contribution < -0.4 is 5.01 Å². The highest BCUT2D eigenvalue weighted by Gasteiger charge is 2.41. The minimum Gasteiger partial charge on any atom is -0.252 e. The molecule has 1 aromatic carbocycles. The molecule has 0 radical (unpaired) electrons. The predicted molar refractivity (Wildman–Crippen MR) is 101 cm³/mol. The first-order chi connectivity index (χ1) is 12.1. The second-order valence-corrected chi connectivity index (χ2v) is 8.07. The second kappa shape index (κ2) is 5.55. The molecule has 3 aromatic rings. The monoisotopic (exact) mass is 388 g/mol. The van der Waals surface area contributed by atoms with Gasteiger partial charge < -0.3 is 0 Å². The lowest BCUT2D eigenvalue weighted by Crippen LogP contribution is -2.30. The highest BCUT2D eigenvalue weighted by molar-refractivity contribution is 8.07. The minimum atomic E-state index is 0.0170. The third-order valence-electron chi connectivity index (χ3n) is 4.22. The zero-order valence-corrected chi connectivity index (χ0v) is 15.8. The number of aryl methyl sites for hydroxylation is 2. The zero-order chi connectivity index (χ0) is 17.1. The highest BCUT2D eigenvalue weighted by atomic mass is 35.5. The molecule has 5 rings (SSSR count). The van der Waals surface area contributed by atoms with Crippen LogP contribution in [0.1, 0.15) is 22.5 Å². The van der Waals surface area contributed by atoms with Crippen LogP contribution in [0.5, 0.6) is 0 Å². The Labute approximate surface area is 157 Å². The molecule has 126 valence electrons. The van der Waals surface area contributed by atoms with Crippen LogP contribution in [0.2, 0.25) is 5.15 Å². The van der Waals surface area contributed by atoms with Crippen LogP contribution >= 0.6 is 35.1 Å². The first-order valence-corrected chi connectivity index (χ1v) is 9.84. The topological polar surface area (TPSA) is 51.8 Å². The van der Waals surface area contributed by atoms with Crippen LogP contribution in [0.15, 0.2) is 45.9 Å². The number of para-hydroxylation sites is 1. The van der Waals surface area contributed by atoms with Gasteiger partial charge in [0.25, 0.3) is 0 Å². The van der Waals surface area contributed by atoms with Crippen LogP contribution in [-0.4, -0.2) is 24.7 Å². The number of rotatable bonds is 2. The van der Waals surface area contributed by atoms with E-state index in [1.54, 1.807) is 28.2 Å². The van der Waals surface area contributed by atoms with Gasteiger partial charge in [0.1, 0.15) is 15.6 Å². The highest BCUT2D eigenvalue weighted by Crippen LogP contribution is 2.52. The van der Waals surface area contributed by atoms with Crippen molar-refractivity contribution in [3.63, 3.8) is 0 Å². The molecule has 0 N–H and O–H groups in total. The van der Waals surface area contributed by atoms with Crippen LogP contribution in [0.3, 0.4) is 0 Å². The predicted octanol–water partition coefficient (Wildman–Crippen LogP) is 4.02. The van der Waals surface area contributed by atoms with Gasteiger partial charge in [0.15, 0.2) is 5.82 Å². The Balaban J connectivity index is 1.61. The summed E-state index contributed by atoms with van der Waals surface area (Å²) < 4.78 is 3.85. The van der Waals surface area contributed by atoms with Gasteiger partial charge in [0, 0.05) is 11.0 Å². The van der Waals surface area contributed by atoms with Gasteiger partial charge in [-0.05, 0) is 37.7 Å². The number of halogens is 1. The molecule has 2 aromatic heterocycles. The van der Waals surface area contributed by atoms with E-state index in [9.17, 15) is 0 Å². The van der Waals surface area contributed by atoms with Gasteiger partial charge in [-0.2, -0.15) is 5.10 Å². The first-order valence-electron chi connectivity index (χ1n) is 7.70. The maximum absolute atomic E-state index is 6.77. The summed E-state index contributed by atoms with van der Waals surface area (Å²) in [5.74, 6) is 0.864. The number of nitrogens with zero attached hydrogens (tertiary/aromatic N) is 6. The molecule has 2 aliphatic rings. The molecular formula is C16H13ClN6S2. The molecule has 0 amide bonds. The lowest BCUT2D eigenvalue weighted by molar-refractivity contribution is 0.617. The van der Waals surface area contributed by atoms with E-state index in [0.29, 0.717) is 5.15 Å². The fourth-order valence-corrected chi connectivity index (χ4v) is 5.91. The van der Waals surface area contributed by atoms with Gasteiger partial charge in [0.05, 0.1) is 11.4 Å². The van der Waals surface area contributed by atoms with E-state index in [-0.39, 0.29) is 5.37 Å². The molecule has 1 atom stereocenters. The van der Waals surface area contributed by atoms with Crippen molar-refractivity contribution in [1.82, 2.24) is 24.7 Å². The molecule has 6 nitrogen and oxygen atoms in total. The average Bonchev–Trinajstić information content (AvgIpc) is 3.32. The van der Waals surface area contributed by atoms with Crippen molar-refractivity contribution >= 4 is 35.1 Å².